The summed E-state index contributed by atoms with van der Waals surface area (Å²) in [5.74, 6) is -0.694. The maximum atomic E-state index is 13.9. The molecule has 1 aromatic carbocycles. The van der Waals surface area contributed by atoms with E-state index in [2.05, 4.69) is 5.32 Å². The van der Waals surface area contributed by atoms with Crippen molar-refractivity contribution in [3.63, 3.8) is 0 Å². The first-order chi connectivity index (χ1) is 8.99. The van der Waals surface area contributed by atoms with Gasteiger partial charge in [-0.15, -0.1) is 0 Å². The van der Waals surface area contributed by atoms with Crippen LogP contribution in [-0.4, -0.2) is 31.3 Å². The van der Waals surface area contributed by atoms with E-state index in [1.807, 2.05) is 20.8 Å². The summed E-state index contributed by atoms with van der Waals surface area (Å²) in [5, 5.41) is 2.74. The lowest BCUT2D eigenvalue weighted by Crippen LogP contribution is -2.40. The Labute approximate surface area is 112 Å². The minimum atomic E-state index is -0.496. The Bertz CT molecular complexity index is 461. The zero-order valence-electron chi connectivity index (χ0n) is 11.4. The Morgan fingerprint density at radius 3 is 2.68 bits per heavy atom. The van der Waals surface area contributed by atoms with Crippen LogP contribution in [0.4, 0.5) is 10.1 Å². The lowest BCUT2D eigenvalue weighted by molar-refractivity contribution is -0.120. The molecule has 0 aliphatic carbocycles. The summed E-state index contributed by atoms with van der Waals surface area (Å²) in [4.78, 5) is 24.3. The number of carbonyl (C=O) groups is 2. The lowest BCUT2D eigenvalue weighted by Gasteiger charge is -2.24. The van der Waals surface area contributed by atoms with Crippen molar-refractivity contribution in [2.45, 2.75) is 26.8 Å². The second-order valence-electron chi connectivity index (χ2n) is 4.53. The number of hydrogen-bond donors (Lipinski definition) is 1. The molecule has 5 heteroatoms. The number of nitrogens with one attached hydrogen (secondary N) is 1. The van der Waals surface area contributed by atoms with Crippen molar-refractivity contribution >= 4 is 17.9 Å². The molecule has 1 N–H and O–H groups in total. The topological polar surface area (TPSA) is 49.4 Å². The van der Waals surface area contributed by atoms with E-state index in [0.717, 1.165) is 0 Å². The fourth-order valence-electron chi connectivity index (χ4n) is 1.85. The van der Waals surface area contributed by atoms with Gasteiger partial charge in [-0.25, -0.2) is 4.39 Å². The maximum absolute atomic E-state index is 13.9. The highest BCUT2D eigenvalue weighted by Gasteiger charge is 2.17. The molecule has 0 aromatic heterocycles. The van der Waals surface area contributed by atoms with E-state index >= 15 is 0 Å². The molecule has 0 aliphatic rings. The molecule has 0 unspecified atom stereocenters. The summed E-state index contributed by atoms with van der Waals surface area (Å²) in [6, 6.07) is 4.32. The van der Waals surface area contributed by atoms with Crippen LogP contribution in [0.5, 0.6) is 0 Å². The number of amides is 1. The van der Waals surface area contributed by atoms with Gasteiger partial charge >= 0.3 is 0 Å². The third-order valence-corrected chi connectivity index (χ3v) is 2.63. The number of carbonyl (C=O) groups excluding carboxylic acids is 2. The molecule has 19 heavy (non-hydrogen) atoms. The molecule has 104 valence electrons. The van der Waals surface area contributed by atoms with Crippen molar-refractivity contribution in [3.8, 4) is 0 Å². The maximum Gasteiger partial charge on any atom is 0.239 e. The van der Waals surface area contributed by atoms with Gasteiger partial charge in [0.25, 0.3) is 0 Å². The lowest BCUT2D eigenvalue weighted by atomic mass is 10.1. The van der Waals surface area contributed by atoms with Crippen LogP contribution >= 0.6 is 0 Å². The number of benzene rings is 1. The molecular formula is C14H19FN2O2. The Hall–Kier alpha value is -1.91. The van der Waals surface area contributed by atoms with Crippen LogP contribution in [0, 0.1) is 5.82 Å². The number of anilines is 1. The Balaban J connectivity index is 2.97. The van der Waals surface area contributed by atoms with Crippen LogP contribution in [0.1, 0.15) is 31.1 Å². The van der Waals surface area contributed by atoms with Gasteiger partial charge in [0.1, 0.15) is 5.82 Å². The normalized spacial score (nSPS) is 10.4. The SMILES string of the molecule is CCN(CC(=O)NC(C)C)c1c(F)cccc1C=O. The highest BCUT2D eigenvalue weighted by Crippen LogP contribution is 2.22. The summed E-state index contributed by atoms with van der Waals surface area (Å²) in [6.07, 6.45) is 0.599. The van der Waals surface area contributed by atoms with E-state index in [4.69, 9.17) is 0 Å². The van der Waals surface area contributed by atoms with Gasteiger partial charge in [-0.1, -0.05) is 6.07 Å². The third-order valence-electron chi connectivity index (χ3n) is 2.63. The predicted molar refractivity (Wildman–Crippen MR) is 73.0 cm³/mol. The molecule has 1 aromatic rings. The van der Waals surface area contributed by atoms with Crippen LogP contribution in [0.3, 0.4) is 0 Å². The Kier molecular flexibility index (Phi) is 5.48. The first-order valence-corrected chi connectivity index (χ1v) is 6.27. The number of hydrogen-bond acceptors (Lipinski definition) is 3. The molecule has 0 atom stereocenters. The minimum Gasteiger partial charge on any atom is -0.360 e. The van der Waals surface area contributed by atoms with Crippen molar-refractivity contribution in [3.05, 3.63) is 29.6 Å². The van der Waals surface area contributed by atoms with Crippen LogP contribution in [0.2, 0.25) is 0 Å². The standard InChI is InChI=1S/C14H19FN2O2/c1-4-17(8-13(19)16-10(2)3)14-11(9-18)6-5-7-12(14)15/h5-7,9-10H,4,8H2,1-3H3,(H,16,19). The Morgan fingerprint density at radius 1 is 1.47 bits per heavy atom. The number of rotatable bonds is 6. The number of aldehydes is 1. The molecule has 1 amide bonds. The van der Waals surface area contributed by atoms with E-state index < -0.39 is 5.82 Å². The van der Waals surface area contributed by atoms with E-state index in [1.165, 1.54) is 18.2 Å². The van der Waals surface area contributed by atoms with Crippen LogP contribution in [0.25, 0.3) is 0 Å². The van der Waals surface area contributed by atoms with Gasteiger partial charge in [0, 0.05) is 18.2 Å². The van der Waals surface area contributed by atoms with Crippen molar-refractivity contribution in [2.24, 2.45) is 0 Å². The first kappa shape index (κ1) is 15.1. The van der Waals surface area contributed by atoms with Crippen molar-refractivity contribution in [1.29, 1.82) is 0 Å². The van der Waals surface area contributed by atoms with Gasteiger partial charge in [0.15, 0.2) is 6.29 Å². The smallest absolute Gasteiger partial charge is 0.239 e. The number of para-hydroxylation sites is 1. The average Bonchev–Trinajstić information content (AvgIpc) is 2.35. The molecule has 0 bridgehead atoms. The van der Waals surface area contributed by atoms with E-state index in [9.17, 15) is 14.0 Å². The first-order valence-electron chi connectivity index (χ1n) is 6.27. The summed E-state index contributed by atoms with van der Waals surface area (Å²) in [7, 11) is 0. The zero-order chi connectivity index (χ0) is 14.4. The molecule has 0 spiro atoms. The van der Waals surface area contributed by atoms with Gasteiger partial charge in [-0.2, -0.15) is 0 Å². The average molecular weight is 266 g/mol. The third kappa shape index (κ3) is 4.05. The van der Waals surface area contributed by atoms with Crippen LogP contribution < -0.4 is 10.2 Å². The van der Waals surface area contributed by atoms with Crippen LogP contribution in [0.15, 0.2) is 18.2 Å². The van der Waals surface area contributed by atoms with Gasteiger partial charge in [-0.3, -0.25) is 9.59 Å². The van der Waals surface area contributed by atoms with Gasteiger partial charge in [0.2, 0.25) is 5.91 Å². The largest absolute Gasteiger partial charge is 0.360 e. The highest BCUT2D eigenvalue weighted by molar-refractivity contribution is 5.88. The van der Waals surface area contributed by atoms with E-state index in [1.54, 1.807) is 4.90 Å². The molecule has 4 nitrogen and oxygen atoms in total. The predicted octanol–water partition coefficient (Wildman–Crippen LogP) is 1.99. The molecule has 0 saturated carbocycles. The van der Waals surface area contributed by atoms with Gasteiger partial charge in [0.05, 0.1) is 12.2 Å². The number of likely N-dealkylation sites (N-methyl/N-ethyl adjacent to an activating group) is 1. The number of halogens is 1. The highest BCUT2D eigenvalue weighted by atomic mass is 19.1. The minimum absolute atomic E-state index is 0.0243. The van der Waals surface area contributed by atoms with Crippen molar-refractivity contribution in [1.82, 2.24) is 5.32 Å². The zero-order valence-corrected chi connectivity index (χ0v) is 11.4. The Morgan fingerprint density at radius 2 is 2.16 bits per heavy atom. The van der Waals surface area contributed by atoms with Gasteiger partial charge < -0.3 is 10.2 Å². The summed E-state index contributed by atoms with van der Waals surface area (Å²) < 4.78 is 13.9. The summed E-state index contributed by atoms with van der Waals surface area (Å²) >= 11 is 0. The molecule has 0 heterocycles. The molecule has 0 radical (unpaired) electrons. The van der Waals surface area contributed by atoms with Crippen molar-refractivity contribution < 1.29 is 14.0 Å². The molecule has 0 saturated heterocycles. The fraction of sp³-hybridized carbons (Fsp3) is 0.429. The second kappa shape index (κ2) is 6.87. The van der Waals surface area contributed by atoms with Gasteiger partial charge in [-0.05, 0) is 32.9 Å². The second-order valence-corrected chi connectivity index (χ2v) is 4.53. The molecule has 0 fully saturated rings. The molecule has 1 rings (SSSR count). The summed E-state index contributed by atoms with van der Waals surface area (Å²) in [6.45, 7) is 5.98. The quantitative estimate of drug-likeness (QED) is 0.801. The number of nitrogens with zero attached hydrogens (tertiary/aromatic N) is 1. The van der Waals surface area contributed by atoms with Crippen molar-refractivity contribution in [2.75, 3.05) is 18.0 Å². The van der Waals surface area contributed by atoms with E-state index in [-0.39, 0.29) is 29.7 Å². The molecule has 0 aliphatic heterocycles. The molecular weight excluding hydrogens is 247 g/mol. The fourth-order valence-corrected chi connectivity index (χ4v) is 1.85. The summed E-state index contributed by atoms with van der Waals surface area (Å²) in [5.41, 5.74) is 0.429. The van der Waals surface area contributed by atoms with E-state index in [0.29, 0.717) is 12.8 Å². The monoisotopic (exact) mass is 266 g/mol. The van der Waals surface area contributed by atoms with Crippen LogP contribution in [-0.2, 0) is 4.79 Å².